The zero-order chi connectivity index (χ0) is 12.0. The zero-order valence-corrected chi connectivity index (χ0v) is 11.3. The molecule has 0 spiro atoms. The van der Waals surface area contributed by atoms with Crippen LogP contribution in [0.2, 0.25) is 0 Å². The topological polar surface area (TPSA) is 24.5 Å². The lowest BCUT2D eigenvalue weighted by molar-refractivity contribution is -0.0603. The Hall–Kier alpha value is -0.120. The number of hydrogen-bond donors (Lipinski definition) is 1. The molecule has 0 saturated carbocycles. The molecule has 94 valence electrons. The van der Waals surface area contributed by atoms with E-state index < -0.39 is 0 Å². The van der Waals surface area contributed by atoms with Crippen LogP contribution in [0.5, 0.6) is 0 Å². The minimum Gasteiger partial charge on any atom is -0.357 e. The van der Waals surface area contributed by atoms with Gasteiger partial charge in [0.05, 0.1) is 12.6 Å². The van der Waals surface area contributed by atoms with Crippen molar-refractivity contribution in [3.8, 4) is 0 Å². The first kappa shape index (κ1) is 12.3. The Labute approximate surface area is 99.5 Å². The largest absolute Gasteiger partial charge is 0.357 e. The number of ether oxygens (including phenoxy) is 1. The van der Waals surface area contributed by atoms with Crippen LogP contribution in [0.1, 0.15) is 47.5 Å². The van der Waals surface area contributed by atoms with E-state index in [1.54, 1.807) is 0 Å². The summed E-state index contributed by atoms with van der Waals surface area (Å²) in [5.41, 5.74) is -0.0513. The molecule has 0 radical (unpaired) electrons. The van der Waals surface area contributed by atoms with Crippen LogP contribution >= 0.6 is 0 Å². The van der Waals surface area contributed by atoms with Gasteiger partial charge in [0.15, 0.2) is 0 Å². The molecule has 0 aromatic rings. The number of nitrogens with one attached hydrogen (secondary N) is 1. The average molecular weight is 226 g/mol. The predicted molar refractivity (Wildman–Crippen MR) is 66.4 cm³/mol. The molecular weight excluding hydrogens is 200 g/mol. The van der Waals surface area contributed by atoms with E-state index >= 15 is 0 Å². The van der Waals surface area contributed by atoms with Crippen LogP contribution in [0.15, 0.2) is 0 Å². The Morgan fingerprint density at radius 2 is 2.00 bits per heavy atom. The normalized spacial score (nSPS) is 39.8. The molecule has 2 rings (SSSR count). The summed E-state index contributed by atoms with van der Waals surface area (Å²) in [7, 11) is 0. The maximum Gasteiger partial charge on any atom is 0.132 e. The molecular formula is C13H26N2O. The first-order chi connectivity index (χ1) is 7.34. The van der Waals surface area contributed by atoms with Gasteiger partial charge in [-0.25, -0.2) is 0 Å². The quantitative estimate of drug-likeness (QED) is 0.779. The minimum absolute atomic E-state index is 0.111. The summed E-state index contributed by atoms with van der Waals surface area (Å²) >= 11 is 0. The van der Waals surface area contributed by atoms with Gasteiger partial charge >= 0.3 is 0 Å². The molecule has 2 fully saturated rings. The number of hydrogen-bond acceptors (Lipinski definition) is 3. The summed E-state index contributed by atoms with van der Waals surface area (Å²) in [6, 6.07) is 1.13. The van der Waals surface area contributed by atoms with Gasteiger partial charge in [-0.15, -0.1) is 0 Å². The van der Waals surface area contributed by atoms with Gasteiger partial charge < -0.3 is 4.74 Å². The van der Waals surface area contributed by atoms with Crippen LogP contribution in [0.4, 0.5) is 0 Å². The lowest BCUT2D eigenvalue weighted by Crippen LogP contribution is -2.59. The van der Waals surface area contributed by atoms with Gasteiger partial charge in [0.2, 0.25) is 0 Å². The smallest absolute Gasteiger partial charge is 0.132 e. The molecule has 1 N–H and O–H groups in total. The fourth-order valence-corrected chi connectivity index (χ4v) is 3.25. The van der Waals surface area contributed by atoms with Crippen molar-refractivity contribution in [3.05, 3.63) is 0 Å². The van der Waals surface area contributed by atoms with Crippen molar-refractivity contribution in [1.29, 1.82) is 0 Å². The molecule has 2 aliphatic rings. The maximum atomic E-state index is 6.07. The Morgan fingerprint density at radius 1 is 1.31 bits per heavy atom. The summed E-state index contributed by atoms with van der Waals surface area (Å²) in [5.74, 6) is 0. The molecule has 0 aromatic carbocycles. The van der Waals surface area contributed by atoms with Crippen molar-refractivity contribution >= 4 is 0 Å². The van der Waals surface area contributed by atoms with Crippen molar-refractivity contribution in [2.75, 3.05) is 13.2 Å². The molecule has 0 amide bonds. The van der Waals surface area contributed by atoms with E-state index in [0.717, 1.165) is 6.61 Å². The van der Waals surface area contributed by atoms with Crippen molar-refractivity contribution in [2.24, 2.45) is 0 Å². The molecule has 2 aliphatic heterocycles. The first-order valence-electron chi connectivity index (χ1n) is 6.53. The second kappa shape index (κ2) is 3.97. The van der Waals surface area contributed by atoms with Gasteiger partial charge in [-0.05, 0) is 54.0 Å². The summed E-state index contributed by atoms with van der Waals surface area (Å²) in [5, 5.41) is 3.67. The van der Waals surface area contributed by atoms with E-state index in [4.69, 9.17) is 4.74 Å². The van der Waals surface area contributed by atoms with Crippen LogP contribution in [0.3, 0.4) is 0 Å². The second-order valence-electron chi connectivity index (χ2n) is 6.39. The van der Waals surface area contributed by atoms with E-state index in [2.05, 4.69) is 44.8 Å². The maximum absolute atomic E-state index is 6.07. The van der Waals surface area contributed by atoms with E-state index in [-0.39, 0.29) is 11.3 Å². The summed E-state index contributed by atoms with van der Waals surface area (Å²) in [6.07, 6.45) is 2.54. The Bertz CT molecular complexity index is 265. The van der Waals surface area contributed by atoms with E-state index in [0.29, 0.717) is 12.1 Å². The third-order valence-corrected chi connectivity index (χ3v) is 3.91. The van der Waals surface area contributed by atoms with Gasteiger partial charge in [-0.2, -0.15) is 0 Å². The highest BCUT2D eigenvalue weighted by Crippen LogP contribution is 2.34. The zero-order valence-electron chi connectivity index (χ0n) is 11.3. The lowest BCUT2D eigenvalue weighted by Gasteiger charge is -2.40. The molecule has 16 heavy (non-hydrogen) atoms. The van der Waals surface area contributed by atoms with Crippen LogP contribution in [-0.2, 0) is 4.74 Å². The van der Waals surface area contributed by atoms with Crippen LogP contribution in [0.25, 0.3) is 0 Å². The molecule has 3 nitrogen and oxygen atoms in total. The average Bonchev–Trinajstić information content (AvgIpc) is 2.71. The fourth-order valence-electron chi connectivity index (χ4n) is 3.25. The first-order valence-corrected chi connectivity index (χ1v) is 6.53. The highest BCUT2D eigenvalue weighted by molar-refractivity contribution is 5.02. The van der Waals surface area contributed by atoms with Gasteiger partial charge in [0.1, 0.15) is 5.72 Å². The van der Waals surface area contributed by atoms with Crippen LogP contribution in [0, 0.1) is 0 Å². The van der Waals surface area contributed by atoms with E-state index in [1.807, 2.05) is 0 Å². The van der Waals surface area contributed by atoms with E-state index in [1.165, 1.54) is 19.4 Å². The monoisotopic (exact) mass is 226 g/mol. The Balaban J connectivity index is 2.12. The fraction of sp³-hybridized carbons (Fsp3) is 1.00. The van der Waals surface area contributed by atoms with Crippen molar-refractivity contribution in [2.45, 2.75) is 70.8 Å². The third-order valence-electron chi connectivity index (χ3n) is 3.91. The second-order valence-corrected chi connectivity index (χ2v) is 6.39. The number of likely N-dealkylation sites (tertiary alicyclic amines) is 1. The number of rotatable bonds is 2. The Morgan fingerprint density at radius 3 is 2.50 bits per heavy atom. The standard InChI is InChI=1S/C13H26N2O/c1-10(2)15-8-6-7-11(15)13(5)14-12(3,4)9-16-13/h10-11,14H,6-9H2,1-5H3. The third kappa shape index (κ3) is 2.13. The van der Waals surface area contributed by atoms with Crippen LogP contribution in [-0.4, -0.2) is 41.4 Å². The molecule has 2 saturated heterocycles. The molecule has 2 unspecified atom stereocenters. The highest BCUT2D eigenvalue weighted by atomic mass is 16.5. The van der Waals surface area contributed by atoms with Crippen molar-refractivity contribution in [1.82, 2.24) is 10.2 Å². The molecule has 0 bridgehead atoms. The molecule has 0 aliphatic carbocycles. The Kier molecular flexibility index (Phi) is 3.06. The van der Waals surface area contributed by atoms with Crippen molar-refractivity contribution in [3.63, 3.8) is 0 Å². The molecule has 2 atom stereocenters. The van der Waals surface area contributed by atoms with Gasteiger partial charge in [-0.3, -0.25) is 10.2 Å². The molecule has 3 heteroatoms. The minimum atomic E-state index is -0.162. The van der Waals surface area contributed by atoms with E-state index in [9.17, 15) is 0 Å². The number of nitrogens with zero attached hydrogens (tertiary/aromatic N) is 1. The molecule has 2 heterocycles. The summed E-state index contributed by atoms with van der Waals surface area (Å²) in [4.78, 5) is 2.58. The van der Waals surface area contributed by atoms with Gasteiger partial charge in [-0.1, -0.05) is 0 Å². The predicted octanol–water partition coefficient (Wildman–Crippen LogP) is 1.97. The van der Waals surface area contributed by atoms with Crippen molar-refractivity contribution < 1.29 is 4.74 Å². The molecule has 0 aromatic heterocycles. The van der Waals surface area contributed by atoms with Gasteiger partial charge in [0.25, 0.3) is 0 Å². The summed E-state index contributed by atoms with van der Waals surface area (Å²) < 4.78 is 6.07. The van der Waals surface area contributed by atoms with Crippen LogP contribution < -0.4 is 5.32 Å². The highest BCUT2D eigenvalue weighted by Gasteiger charge is 2.49. The summed E-state index contributed by atoms with van der Waals surface area (Å²) in [6.45, 7) is 13.2. The van der Waals surface area contributed by atoms with Gasteiger partial charge in [0, 0.05) is 11.6 Å². The lowest BCUT2D eigenvalue weighted by atomic mass is 10.00. The SMILES string of the molecule is CC(C)N1CCCC1C1(C)NC(C)(C)CO1.